The minimum absolute atomic E-state index is 0.144. The van der Waals surface area contributed by atoms with E-state index in [1.165, 1.54) is 11.1 Å². The fraction of sp³-hybridized carbons (Fsp3) is 0.409. The van der Waals surface area contributed by atoms with Gasteiger partial charge in [-0.3, -0.25) is 0 Å². The number of carbonyl (C=O) groups excluding carboxylic acids is 1. The lowest BCUT2D eigenvalue weighted by Crippen LogP contribution is -2.37. The largest absolute Gasteiger partial charge is 0.497 e. The molecular weight excluding hydrogens is 326 g/mol. The second-order valence-electron chi connectivity index (χ2n) is 6.74. The predicted molar refractivity (Wildman–Crippen MR) is 103 cm³/mol. The minimum Gasteiger partial charge on any atom is -0.497 e. The van der Waals surface area contributed by atoms with Crippen molar-refractivity contribution in [3.63, 3.8) is 0 Å². The summed E-state index contributed by atoms with van der Waals surface area (Å²) in [5, 5.41) is 0. The highest BCUT2D eigenvalue weighted by Crippen LogP contribution is 2.30. The Hall–Kier alpha value is -2.49. The number of rotatable bonds is 7. The van der Waals surface area contributed by atoms with Crippen LogP contribution in [0.4, 0.5) is 4.79 Å². The summed E-state index contributed by atoms with van der Waals surface area (Å²) >= 11 is 0. The summed E-state index contributed by atoms with van der Waals surface area (Å²) in [5.74, 6) is 0.778. The van der Waals surface area contributed by atoms with Gasteiger partial charge < -0.3 is 14.4 Å². The van der Waals surface area contributed by atoms with E-state index in [2.05, 4.69) is 38.1 Å². The molecule has 0 saturated carbocycles. The highest BCUT2D eigenvalue weighted by atomic mass is 16.6. The number of hydrogen-bond donors (Lipinski definition) is 0. The Balaban J connectivity index is 1.71. The fourth-order valence-corrected chi connectivity index (χ4v) is 3.45. The predicted octanol–water partition coefficient (Wildman–Crippen LogP) is 4.77. The van der Waals surface area contributed by atoms with Gasteiger partial charge in [0.15, 0.2) is 0 Å². The van der Waals surface area contributed by atoms with Crippen molar-refractivity contribution in [2.24, 2.45) is 0 Å². The van der Waals surface area contributed by atoms with E-state index in [-0.39, 0.29) is 18.2 Å². The van der Waals surface area contributed by atoms with Gasteiger partial charge in [-0.05, 0) is 48.1 Å². The zero-order chi connectivity index (χ0) is 18.5. The molecule has 0 aromatic heterocycles. The van der Waals surface area contributed by atoms with Crippen molar-refractivity contribution in [3.05, 3.63) is 65.2 Å². The summed E-state index contributed by atoms with van der Waals surface area (Å²) in [6, 6.07) is 16.6. The normalized spacial score (nSPS) is 17.9. The van der Waals surface area contributed by atoms with Crippen LogP contribution in [0, 0.1) is 0 Å². The molecule has 0 bridgehead atoms. The number of ether oxygens (including phenoxy) is 2. The van der Waals surface area contributed by atoms with Crippen LogP contribution in [0.25, 0.3) is 0 Å². The maximum Gasteiger partial charge on any atom is 0.410 e. The standard InChI is InChI=1S/C22H27NO3/c1-4-16-9-11-17(12-10-16)13-19(5-2)23-15-21(26-22(23)24)18-7-6-8-20(14-18)25-3/h6-12,14,19,21H,4-5,13,15H2,1-3H3/t19-,21+/m1/s1. The van der Waals surface area contributed by atoms with Crippen molar-refractivity contribution in [2.75, 3.05) is 13.7 Å². The Labute approximate surface area is 155 Å². The second-order valence-corrected chi connectivity index (χ2v) is 6.74. The fourth-order valence-electron chi connectivity index (χ4n) is 3.45. The van der Waals surface area contributed by atoms with Crippen LogP contribution in [0.5, 0.6) is 5.75 Å². The maximum absolute atomic E-state index is 12.5. The second kappa shape index (κ2) is 8.26. The average molecular weight is 353 g/mol. The summed E-state index contributed by atoms with van der Waals surface area (Å²) in [4.78, 5) is 14.3. The SMILES string of the molecule is CCc1ccc(C[C@@H](CC)N2C[C@@H](c3cccc(OC)c3)OC2=O)cc1. The average Bonchev–Trinajstić information content (AvgIpc) is 3.08. The molecule has 26 heavy (non-hydrogen) atoms. The van der Waals surface area contributed by atoms with E-state index in [0.29, 0.717) is 6.54 Å². The molecule has 0 aliphatic carbocycles. The summed E-state index contributed by atoms with van der Waals surface area (Å²) in [5.41, 5.74) is 3.56. The van der Waals surface area contributed by atoms with Gasteiger partial charge in [-0.25, -0.2) is 4.79 Å². The van der Waals surface area contributed by atoms with Crippen LogP contribution in [0.1, 0.15) is 43.1 Å². The monoisotopic (exact) mass is 353 g/mol. The molecule has 4 nitrogen and oxygen atoms in total. The van der Waals surface area contributed by atoms with Crippen molar-refractivity contribution >= 4 is 6.09 Å². The van der Waals surface area contributed by atoms with Gasteiger partial charge in [0.05, 0.1) is 13.7 Å². The molecule has 0 radical (unpaired) electrons. The lowest BCUT2D eigenvalue weighted by molar-refractivity contribution is 0.127. The molecule has 1 aliphatic rings. The molecule has 1 amide bonds. The molecule has 1 fully saturated rings. The van der Waals surface area contributed by atoms with Gasteiger partial charge in [-0.1, -0.05) is 50.2 Å². The van der Waals surface area contributed by atoms with Gasteiger partial charge in [0.1, 0.15) is 11.9 Å². The molecule has 2 atom stereocenters. The zero-order valence-electron chi connectivity index (χ0n) is 15.8. The van der Waals surface area contributed by atoms with Crippen LogP contribution in [-0.4, -0.2) is 30.7 Å². The first kappa shape index (κ1) is 18.3. The number of methoxy groups -OCH3 is 1. The van der Waals surface area contributed by atoms with E-state index < -0.39 is 0 Å². The number of aryl methyl sites for hydroxylation is 1. The van der Waals surface area contributed by atoms with Crippen LogP contribution < -0.4 is 4.74 Å². The van der Waals surface area contributed by atoms with Gasteiger partial charge >= 0.3 is 6.09 Å². The number of benzene rings is 2. The van der Waals surface area contributed by atoms with Crippen LogP contribution in [0.2, 0.25) is 0 Å². The van der Waals surface area contributed by atoms with E-state index in [1.54, 1.807) is 7.11 Å². The zero-order valence-corrected chi connectivity index (χ0v) is 15.8. The van der Waals surface area contributed by atoms with Crippen molar-refractivity contribution in [2.45, 2.75) is 45.3 Å². The smallest absolute Gasteiger partial charge is 0.410 e. The van der Waals surface area contributed by atoms with Crippen LogP contribution in [0.3, 0.4) is 0 Å². The Morgan fingerprint density at radius 1 is 1.15 bits per heavy atom. The number of amides is 1. The number of carbonyl (C=O) groups is 1. The van der Waals surface area contributed by atoms with Gasteiger partial charge in [0.2, 0.25) is 0 Å². The highest BCUT2D eigenvalue weighted by molar-refractivity contribution is 5.70. The number of hydrogen-bond acceptors (Lipinski definition) is 3. The molecule has 3 rings (SSSR count). The Morgan fingerprint density at radius 3 is 2.54 bits per heavy atom. The molecule has 0 unspecified atom stereocenters. The number of cyclic esters (lactones) is 1. The van der Waals surface area contributed by atoms with E-state index in [1.807, 2.05) is 29.2 Å². The number of nitrogens with zero attached hydrogens (tertiary/aromatic N) is 1. The van der Waals surface area contributed by atoms with Crippen molar-refractivity contribution < 1.29 is 14.3 Å². The first-order valence-corrected chi connectivity index (χ1v) is 9.33. The summed E-state index contributed by atoms with van der Waals surface area (Å²) in [7, 11) is 1.64. The maximum atomic E-state index is 12.5. The molecule has 2 aromatic rings. The van der Waals surface area contributed by atoms with Crippen LogP contribution in [-0.2, 0) is 17.6 Å². The first-order valence-electron chi connectivity index (χ1n) is 9.33. The van der Waals surface area contributed by atoms with Crippen LogP contribution in [0.15, 0.2) is 48.5 Å². The summed E-state index contributed by atoms with van der Waals surface area (Å²) in [6.45, 7) is 4.86. The van der Waals surface area contributed by atoms with E-state index >= 15 is 0 Å². The van der Waals surface area contributed by atoms with Crippen molar-refractivity contribution in [1.82, 2.24) is 4.90 Å². The summed E-state index contributed by atoms with van der Waals surface area (Å²) < 4.78 is 10.9. The third-order valence-electron chi connectivity index (χ3n) is 5.12. The third-order valence-corrected chi connectivity index (χ3v) is 5.12. The van der Waals surface area contributed by atoms with Crippen molar-refractivity contribution in [1.29, 1.82) is 0 Å². The Bertz CT molecular complexity index is 741. The first-order chi connectivity index (χ1) is 12.6. The molecule has 2 aromatic carbocycles. The lowest BCUT2D eigenvalue weighted by Gasteiger charge is -2.24. The molecule has 1 aliphatic heterocycles. The van der Waals surface area contributed by atoms with Gasteiger partial charge in [0.25, 0.3) is 0 Å². The molecule has 138 valence electrons. The van der Waals surface area contributed by atoms with Crippen LogP contribution >= 0.6 is 0 Å². The molecule has 1 saturated heterocycles. The third kappa shape index (κ3) is 4.01. The van der Waals surface area contributed by atoms with Gasteiger partial charge in [-0.2, -0.15) is 0 Å². The molecule has 1 heterocycles. The lowest BCUT2D eigenvalue weighted by atomic mass is 10.0. The molecule has 0 N–H and O–H groups in total. The highest BCUT2D eigenvalue weighted by Gasteiger charge is 2.36. The van der Waals surface area contributed by atoms with Gasteiger partial charge in [-0.15, -0.1) is 0 Å². The Kier molecular flexibility index (Phi) is 5.82. The van der Waals surface area contributed by atoms with E-state index in [9.17, 15) is 4.79 Å². The van der Waals surface area contributed by atoms with Gasteiger partial charge in [0, 0.05) is 6.04 Å². The quantitative estimate of drug-likeness (QED) is 0.719. The Morgan fingerprint density at radius 2 is 1.88 bits per heavy atom. The van der Waals surface area contributed by atoms with Crippen molar-refractivity contribution in [3.8, 4) is 5.75 Å². The van der Waals surface area contributed by atoms with E-state index in [0.717, 1.165) is 30.6 Å². The minimum atomic E-state index is -0.242. The summed E-state index contributed by atoms with van der Waals surface area (Å²) in [6.07, 6.45) is 2.32. The molecule has 4 heteroatoms. The topological polar surface area (TPSA) is 38.8 Å². The van der Waals surface area contributed by atoms with E-state index in [4.69, 9.17) is 9.47 Å². The molecular formula is C22H27NO3. The molecule has 0 spiro atoms.